The molecule has 2 saturated heterocycles. The Morgan fingerprint density at radius 2 is 1.43 bits per heavy atom. The lowest BCUT2D eigenvalue weighted by Gasteiger charge is -2.36. The first-order valence-electron chi connectivity index (χ1n) is 12.2. The van der Waals surface area contributed by atoms with Gasteiger partial charge in [0.2, 0.25) is 0 Å². The Bertz CT molecular complexity index is 1060. The molecular weight excluding hydrogens is 446 g/mol. The fourth-order valence-corrected chi connectivity index (χ4v) is 4.64. The Kier molecular flexibility index (Phi) is 7.53. The van der Waals surface area contributed by atoms with Crippen molar-refractivity contribution in [2.45, 2.75) is 32.7 Å². The zero-order valence-electron chi connectivity index (χ0n) is 20.3. The molecule has 2 aliphatic rings. The van der Waals surface area contributed by atoms with Crippen LogP contribution in [-0.2, 0) is 4.79 Å². The summed E-state index contributed by atoms with van der Waals surface area (Å²) < 4.78 is 0. The fraction of sp³-hybridized carbons (Fsp3) is 0.462. The van der Waals surface area contributed by atoms with Gasteiger partial charge < -0.3 is 25.1 Å². The molecule has 1 aromatic carbocycles. The summed E-state index contributed by atoms with van der Waals surface area (Å²) in [5, 5.41) is 12.6. The highest BCUT2D eigenvalue weighted by atomic mass is 16.4. The fourth-order valence-electron chi connectivity index (χ4n) is 4.64. The first kappa shape index (κ1) is 24.5. The second kappa shape index (κ2) is 10.8. The van der Waals surface area contributed by atoms with Crippen LogP contribution in [0.1, 0.15) is 47.4 Å². The number of hydrogen-bond donors (Lipinski definition) is 2. The van der Waals surface area contributed by atoms with Gasteiger partial charge >= 0.3 is 5.97 Å². The Morgan fingerprint density at radius 3 is 1.94 bits per heavy atom. The van der Waals surface area contributed by atoms with E-state index < -0.39 is 5.97 Å². The first-order valence-corrected chi connectivity index (χ1v) is 12.2. The van der Waals surface area contributed by atoms with Crippen molar-refractivity contribution in [1.82, 2.24) is 14.8 Å². The van der Waals surface area contributed by atoms with Gasteiger partial charge in [-0.15, -0.1) is 0 Å². The molecule has 0 aliphatic carbocycles. The van der Waals surface area contributed by atoms with E-state index in [2.05, 4.69) is 29.0 Å². The molecule has 3 heterocycles. The highest BCUT2D eigenvalue weighted by Gasteiger charge is 2.28. The third-order valence-electron chi connectivity index (χ3n) is 6.61. The van der Waals surface area contributed by atoms with Crippen molar-refractivity contribution in [3.63, 3.8) is 0 Å². The Morgan fingerprint density at radius 1 is 0.886 bits per heavy atom. The van der Waals surface area contributed by atoms with Crippen molar-refractivity contribution >= 4 is 29.3 Å². The summed E-state index contributed by atoms with van der Waals surface area (Å²) in [5.41, 5.74) is 2.06. The number of aliphatic carboxylic acids is 1. The summed E-state index contributed by atoms with van der Waals surface area (Å²) in [7, 11) is 0. The SMILES string of the molecule is CC(C)Nc1cccnc1N1CCN(C(=O)c2ccc(C(=O)N3CCC(C(=O)O)CC3)cc2)CC1. The van der Waals surface area contributed by atoms with E-state index in [1.165, 1.54) is 0 Å². The number of carbonyl (C=O) groups excluding carboxylic acids is 2. The van der Waals surface area contributed by atoms with E-state index in [1.807, 2.05) is 17.0 Å². The molecule has 2 amide bonds. The van der Waals surface area contributed by atoms with E-state index in [0.717, 1.165) is 11.5 Å². The maximum Gasteiger partial charge on any atom is 0.306 e. The van der Waals surface area contributed by atoms with Crippen molar-refractivity contribution < 1.29 is 19.5 Å². The van der Waals surface area contributed by atoms with Crippen molar-refractivity contribution in [2.75, 3.05) is 49.5 Å². The number of benzene rings is 1. The lowest BCUT2D eigenvalue weighted by atomic mass is 9.96. The number of aromatic nitrogens is 1. The van der Waals surface area contributed by atoms with Crippen LogP contribution in [0, 0.1) is 5.92 Å². The third kappa shape index (κ3) is 5.72. The van der Waals surface area contributed by atoms with Crippen LogP contribution < -0.4 is 10.2 Å². The van der Waals surface area contributed by atoms with Gasteiger partial charge in [-0.2, -0.15) is 0 Å². The number of anilines is 2. The predicted molar refractivity (Wildman–Crippen MR) is 134 cm³/mol. The maximum atomic E-state index is 13.1. The molecule has 2 fully saturated rings. The maximum absolute atomic E-state index is 13.1. The lowest BCUT2D eigenvalue weighted by Crippen LogP contribution is -2.49. The minimum absolute atomic E-state index is 0.0486. The number of carboxylic acid groups (broad SMARTS) is 1. The Balaban J connectivity index is 1.33. The summed E-state index contributed by atoms with van der Waals surface area (Å²) in [6.45, 7) is 7.63. The average molecular weight is 480 g/mol. The van der Waals surface area contributed by atoms with Crippen molar-refractivity contribution in [3.05, 3.63) is 53.7 Å². The summed E-state index contributed by atoms with van der Waals surface area (Å²) in [6.07, 6.45) is 2.73. The number of likely N-dealkylation sites (tertiary alicyclic amines) is 1. The second-order valence-corrected chi connectivity index (χ2v) is 9.43. The van der Waals surface area contributed by atoms with Crippen LogP contribution >= 0.6 is 0 Å². The van der Waals surface area contributed by atoms with Gasteiger partial charge in [0.15, 0.2) is 5.82 Å². The van der Waals surface area contributed by atoms with Gasteiger partial charge in [-0.3, -0.25) is 14.4 Å². The molecule has 1 aromatic heterocycles. The van der Waals surface area contributed by atoms with Crippen LogP contribution in [0.3, 0.4) is 0 Å². The molecule has 0 bridgehead atoms. The van der Waals surface area contributed by atoms with E-state index in [0.29, 0.717) is 69.3 Å². The van der Waals surface area contributed by atoms with Crippen molar-refractivity contribution in [2.24, 2.45) is 5.92 Å². The van der Waals surface area contributed by atoms with Gasteiger partial charge in [-0.25, -0.2) is 4.98 Å². The molecule has 4 rings (SSSR count). The van der Waals surface area contributed by atoms with Crippen LogP contribution in [-0.4, -0.2) is 83.0 Å². The summed E-state index contributed by atoms with van der Waals surface area (Å²) in [4.78, 5) is 47.3. The van der Waals surface area contributed by atoms with Gasteiger partial charge in [0.1, 0.15) is 0 Å². The molecular formula is C26H33N5O4. The van der Waals surface area contributed by atoms with E-state index in [1.54, 1.807) is 35.4 Å². The highest BCUT2D eigenvalue weighted by molar-refractivity contribution is 5.98. The number of carboxylic acids is 1. The van der Waals surface area contributed by atoms with Gasteiger partial charge in [-0.1, -0.05) is 0 Å². The van der Waals surface area contributed by atoms with E-state index in [9.17, 15) is 14.4 Å². The number of nitrogens with one attached hydrogen (secondary N) is 1. The van der Waals surface area contributed by atoms with Gasteiger partial charge in [-0.05, 0) is 63.1 Å². The standard InChI is InChI=1S/C26H33N5O4/c1-18(2)28-22-4-3-11-27-23(22)29-14-16-31(17-15-29)25(33)20-7-5-19(6-8-20)24(32)30-12-9-21(10-13-30)26(34)35/h3-8,11,18,21,28H,9-10,12-17H2,1-2H3,(H,34,35). The first-order chi connectivity index (χ1) is 16.8. The minimum atomic E-state index is -0.798. The highest BCUT2D eigenvalue weighted by Crippen LogP contribution is 2.25. The number of carbonyl (C=O) groups is 3. The number of amides is 2. The van der Waals surface area contributed by atoms with Crippen LogP contribution in [0.4, 0.5) is 11.5 Å². The number of piperazine rings is 1. The molecule has 0 saturated carbocycles. The summed E-state index contributed by atoms with van der Waals surface area (Å²) in [5.74, 6) is -0.442. The van der Waals surface area contributed by atoms with E-state index in [-0.39, 0.29) is 17.7 Å². The number of hydrogen-bond acceptors (Lipinski definition) is 6. The smallest absolute Gasteiger partial charge is 0.306 e. The van der Waals surface area contributed by atoms with Crippen molar-refractivity contribution in [3.8, 4) is 0 Å². The third-order valence-corrected chi connectivity index (χ3v) is 6.61. The molecule has 186 valence electrons. The molecule has 2 aromatic rings. The van der Waals surface area contributed by atoms with Crippen LogP contribution in [0.2, 0.25) is 0 Å². The molecule has 2 aliphatic heterocycles. The molecule has 0 atom stereocenters. The zero-order chi connectivity index (χ0) is 24.9. The normalized spacial score (nSPS) is 16.9. The molecule has 0 unspecified atom stereocenters. The average Bonchev–Trinajstić information content (AvgIpc) is 2.88. The summed E-state index contributed by atoms with van der Waals surface area (Å²) in [6, 6.07) is 11.0. The molecule has 35 heavy (non-hydrogen) atoms. The van der Waals surface area contributed by atoms with Crippen LogP contribution in [0.25, 0.3) is 0 Å². The molecule has 9 heteroatoms. The molecule has 9 nitrogen and oxygen atoms in total. The Hall–Kier alpha value is -3.62. The van der Waals surface area contributed by atoms with Crippen LogP contribution in [0.5, 0.6) is 0 Å². The van der Waals surface area contributed by atoms with Gasteiger partial charge in [0.05, 0.1) is 11.6 Å². The Labute approximate surface area is 205 Å². The van der Waals surface area contributed by atoms with E-state index in [4.69, 9.17) is 5.11 Å². The van der Waals surface area contributed by atoms with Crippen molar-refractivity contribution in [1.29, 1.82) is 0 Å². The summed E-state index contributed by atoms with van der Waals surface area (Å²) >= 11 is 0. The second-order valence-electron chi connectivity index (χ2n) is 9.43. The van der Waals surface area contributed by atoms with Gasteiger partial charge in [0, 0.05) is 62.6 Å². The lowest BCUT2D eigenvalue weighted by molar-refractivity contribution is -0.143. The molecule has 0 radical (unpaired) electrons. The molecule has 0 spiro atoms. The molecule has 2 N–H and O–H groups in total. The topological polar surface area (TPSA) is 106 Å². The minimum Gasteiger partial charge on any atom is -0.481 e. The monoisotopic (exact) mass is 479 g/mol. The predicted octanol–water partition coefficient (Wildman–Crippen LogP) is 2.80. The quantitative estimate of drug-likeness (QED) is 0.656. The number of rotatable bonds is 6. The van der Waals surface area contributed by atoms with Gasteiger partial charge in [0.25, 0.3) is 11.8 Å². The van der Waals surface area contributed by atoms with Crippen LogP contribution in [0.15, 0.2) is 42.6 Å². The van der Waals surface area contributed by atoms with E-state index >= 15 is 0 Å². The number of piperidine rings is 1. The number of pyridine rings is 1. The number of nitrogens with zero attached hydrogens (tertiary/aromatic N) is 4. The zero-order valence-corrected chi connectivity index (χ0v) is 20.3. The largest absolute Gasteiger partial charge is 0.481 e.